The molecular formula is C22H24. The third kappa shape index (κ3) is 2.35. The number of rotatable bonds is 0. The van der Waals surface area contributed by atoms with Crippen LogP contribution in [0.25, 0.3) is 32.3 Å². The van der Waals surface area contributed by atoms with Gasteiger partial charge in [-0.15, -0.1) is 13.2 Å². The zero-order chi connectivity index (χ0) is 16.3. The quantitative estimate of drug-likeness (QED) is 0.241. The smallest absolute Gasteiger partial charge is 0.00240 e. The summed E-state index contributed by atoms with van der Waals surface area (Å²) in [7, 11) is 0. The van der Waals surface area contributed by atoms with E-state index in [0.717, 1.165) is 0 Å². The summed E-state index contributed by atoms with van der Waals surface area (Å²) in [6, 6.07) is 17.9. The Morgan fingerprint density at radius 2 is 0.864 bits per heavy atom. The van der Waals surface area contributed by atoms with Crippen molar-refractivity contribution in [3.8, 4) is 0 Å². The van der Waals surface area contributed by atoms with E-state index in [2.05, 4.69) is 75.5 Å². The summed E-state index contributed by atoms with van der Waals surface area (Å²) in [5, 5.41) is 8.31. The topological polar surface area (TPSA) is 0 Å². The normalized spacial score (nSPS) is 10.2. The summed E-state index contributed by atoms with van der Waals surface area (Å²) in [4.78, 5) is 0. The van der Waals surface area contributed by atoms with Crippen LogP contribution >= 0.6 is 0 Å². The second-order valence-electron chi connectivity index (χ2n) is 5.19. The molecule has 0 saturated carbocycles. The number of hydrogen-bond acceptors (Lipinski definition) is 0. The highest BCUT2D eigenvalue weighted by molar-refractivity contribution is 6.24. The monoisotopic (exact) mass is 288 g/mol. The van der Waals surface area contributed by atoms with Gasteiger partial charge in [-0.25, -0.2) is 0 Å². The van der Waals surface area contributed by atoms with Gasteiger partial charge < -0.3 is 0 Å². The highest BCUT2D eigenvalue weighted by Gasteiger charge is 2.09. The molecule has 0 atom stereocenters. The van der Waals surface area contributed by atoms with E-state index in [-0.39, 0.29) is 0 Å². The van der Waals surface area contributed by atoms with Crippen molar-refractivity contribution in [2.45, 2.75) is 27.7 Å². The molecule has 0 fully saturated rings. The summed E-state index contributed by atoms with van der Waals surface area (Å²) in [6.07, 6.45) is 0. The second kappa shape index (κ2) is 6.62. The van der Waals surface area contributed by atoms with Crippen LogP contribution in [0.1, 0.15) is 25.0 Å². The van der Waals surface area contributed by atoms with Gasteiger partial charge in [0.2, 0.25) is 0 Å². The van der Waals surface area contributed by atoms with Gasteiger partial charge in [-0.3, -0.25) is 0 Å². The van der Waals surface area contributed by atoms with Crippen LogP contribution in [-0.4, -0.2) is 0 Å². The van der Waals surface area contributed by atoms with Crippen LogP contribution in [0.15, 0.2) is 61.7 Å². The van der Waals surface area contributed by atoms with Crippen molar-refractivity contribution in [1.29, 1.82) is 0 Å². The zero-order valence-electron chi connectivity index (χ0n) is 14.0. The fourth-order valence-electron chi connectivity index (χ4n) is 3.09. The van der Waals surface area contributed by atoms with Crippen molar-refractivity contribution >= 4 is 32.3 Å². The Morgan fingerprint density at radius 1 is 0.545 bits per heavy atom. The molecule has 0 N–H and O–H groups in total. The third-order valence-electron chi connectivity index (χ3n) is 4.10. The molecule has 112 valence electrons. The lowest BCUT2D eigenvalue weighted by atomic mass is 9.91. The molecule has 0 aliphatic heterocycles. The second-order valence-corrected chi connectivity index (χ2v) is 5.19. The Labute approximate surface area is 133 Å². The van der Waals surface area contributed by atoms with Crippen LogP contribution in [-0.2, 0) is 0 Å². The number of benzene rings is 4. The van der Waals surface area contributed by atoms with Crippen molar-refractivity contribution in [1.82, 2.24) is 0 Å². The van der Waals surface area contributed by atoms with Crippen LogP contribution in [0.5, 0.6) is 0 Å². The van der Waals surface area contributed by atoms with Crippen LogP contribution < -0.4 is 0 Å². The summed E-state index contributed by atoms with van der Waals surface area (Å²) in [6.45, 7) is 14.4. The maximum absolute atomic E-state index is 3.00. The first-order valence-corrected chi connectivity index (χ1v) is 7.89. The Balaban J connectivity index is 0.000000410. The molecule has 0 spiro atoms. The van der Waals surface area contributed by atoms with E-state index in [1.807, 2.05) is 13.8 Å². The molecular weight excluding hydrogens is 264 g/mol. The highest BCUT2D eigenvalue weighted by atomic mass is 14.1. The molecule has 0 amide bonds. The van der Waals surface area contributed by atoms with Gasteiger partial charge in [-0.1, -0.05) is 62.4 Å². The largest absolute Gasteiger partial charge is 0.106 e. The van der Waals surface area contributed by atoms with Gasteiger partial charge in [0, 0.05) is 0 Å². The summed E-state index contributed by atoms with van der Waals surface area (Å²) in [5.74, 6) is 0. The Bertz CT molecular complexity index is 825. The molecule has 0 aliphatic carbocycles. The molecule has 0 saturated heterocycles. The predicted octanol–water partition coefficient (Wildman–Crippen LogP) is 7.03. The van der Waals surface area contributed by atoms with Crippen LogP contribution in [0.3, 0.4) is 0 Å². The van der Waals surface area contributed by atoms with Crippen molar-refractivity contribution in [3.05, 3.63) is 72.8 Å². The van der Waals surface area contributed by atoms with Gasteiger partial charge >= 0.3 is 0 Å². The molecule has 0 radical (unpaired) electrons. The maximum atomic E-state index is 3.00. The molecule has 0 heterocycles. The molecule has 0 aliphatic rings. The standard InChI is InChI=1S/C18H14.C2H6.C2H4/c1-11-3-5-13-7-8-14-6-4-12(2)16-10-9-15(11)17(13)18(14)16;2*1-2/h3-10H,1-2H3;1-2H3;1-2H2. The van der Waals surface area contributed by atoms with E-state index < -0.39 is 0 Å². The van der Waals surface area contributed by atoms with Crippen molar-refractivity contribution in [3.63, 3.8) is 0 Å². The Kier molecular flexibility index (Phi) is 4.82. The molecule has 0 unspecified atom stereocenters. The van der Waals surface area contributed by atoms with E-state index in [0.29, 0.717) is 0 Å². The zero-order valence-corrected chi connectivity index (χ0v) is 14.0. The van der Waals surface area contributed by atoms with Crippen molar-refractivity contribution in [2.75, 3.05) is 0 Å². The fraction of sp³-hybridized carbons (Fsp3) is 0.182. The lowest BCUT2D eigenvalue weighted by Gasteiger charge is -2.13. The van der Waals surface area contributed by atoms with Crippen LogP contribution in [0.4, 0.5) is 0 Å². The lowest BCUT2D eigenvalue weighted by Crippen LogP contribution is -1.87. The first-order valence-electron chi connectivity index (χ1n) is 7.89. The van der Waals surface area contributed by atoms with Gasteiger partial charge in [-0.2, -0.15) is 0 Å². The van der Waals surface area contributed by atoms with E-state index in [1.165, 1.54) is 43.4 Å². The number of aryl methyl sites for hydroxylation is 2. The van der Waals surface area contributed by atoms with Crippen molar-refractivity contribution in [2.24, 2.45) is 0 Å². The van der Waals surface area contributed by atoms with E-state index in [4.69, 9.17) is 0 Å². The molecule has 0 aromatic heterocycles. The van der Waals surface area contributed by atoms with Gasteiger partial charge in [-0.05, 0) is 57.3 Å². The molecule has 4 aromatic rings. The number of hydrogen-bond donors (Lipinski definition) is 0. The lowest BCUT2D eigenvalue weighted by molar-refractivity contribution is 1.50. The SMILES string of the molecule is C=C.CC.Cc1ccc2ccc3ccc(C)c4ccc1c2c34. The van der Waals surface area contributed by atoms with Gasteiger partial charge in [0.1, 0.15) is 0 Å². The van der Waals surface area contributed by atoms with E-state index in [9.17, 15) is 0 Å². The Morgan fingerprint density at radius 3 is 1.23 bits per heavy atom. The molecule has 4 rings (SSSR count). The first-order chi connectivity index (χ1) is 10.8. The van der Waals surface area contributed by atoms with Crippen LogP contribution in [0, 0.1) is 13.8 Å². The maximum Gasteiger partial charge on any atom is -0.00240 e. The molecule has 4 aromatic carbocycles. The van der Waals surface area contributed by atoms with Crippen molar-refractivity contribution < 1.29 is 0 Å². The summed E-state index contributed by atoms with van der Waals surface area (Å²) >= 11 is 0. The minimum atomic E-state index is 1.35. The van der Waals surface area contributed by atoms with E-state index >= 15 is 0 Å². The minimum Gasteiger partial charge on any atom is -0.106 e. The van der Waals surface area contributed by atoms with Gasteiger partial charge in [0.25, 0.3) is 0 Å². The summed E-state index contributed by atoms with van der Waals surface area (Å²) in [5.41, 5.74) is 2.72. The average molecular weight is 288 g/mol. The Hall–Kier alpha value is -2.34. The van der Waals surface area contributed by atoms with E-state index in [1.54, 1.807) is 0 Å². The minimum absolute atomic E-state index is 1.35. The molecule has 0 nitrogen and oxygen atoms in total. The van der Waals surface area contributed by atoms with Crippen LogP contribution in [0.2, 0.25) is 0 Å². The first kappa shape index (κ1) is 16.0. The summed E-state index contributed by atoms with van der Waals surface area (Å²) < 4.78 is 0. The fourth-order valence-corrected chi connectivity index (χ4v) is 3.09. The van der Waals surface area contributed by atoms with Gasteiger partial charge in [0.05, 0.1) is 0 Å². The predicted molar refractivity (Wildman–Crippen MR) is 102 cm³/mol. The average Bonchev–Trinajstić information content (AvgIpc) is 2.60. The highest BCUT2D eigenvalue weighted by Crippen LogP contribution is 2.36. The molecule has 0 heteroatoms. The third-order valence-corrected chi connectivity index (χ3v) is 4.10. The molecule has 22 heavy (non-hydrogen) atoms. The molecule has 0 bridgehead atoms. The van der Waals surface area contributed by atoms with Gasteiger partial charge in [0.15, 0.2) is 0 Å².